The molecule has 0 aliphatic carbocycles. The van der Waals surface area contributed by atoms with Gasteiger partial charge in [-0.3, -0.25) is 4.79 Å². The first-order valence-electron chi connectivity index (χ1n) is 9.06. The van der Waals surface area contributed by atoms with Gasteiger partial charge in [-0.2, -0.15) is 0 Å². The molecule has 28 heavy (non-hydrogen) atoms. The number of carbonyl (C=O) groups excluding carboxylic acids is 1. The van der Waals surface area contributed by atoms with Gasteiger partial charge in [-0.1, -0.05) is 12.1 Å². The molecule has 3 aromatic rings. The molecule has 0 saturated carbocycles. The van der Waals surface area contributed by atoms with Gasteiger partial charge in [-0.05, 0) is 62.7 Å². The van der Waals surface area contributed by atoms with Crippen LogP contribution in [0.5, 0.6) is 0 Å². The Hall–Kier alpha value is -2.71. The van der Waals surface area contributed by atoms with Crippen molar-refractivity contribution < 1.29 is 13.2 Å². The van der Waals surface area contributed by atoms with Crippen LogP contribution in [0.1, 0.15) is 27.9 Å². The van der Waals surface area contributed by atoms with E-state index in [1.165, 1.54) is 13.1 Å². The van der Waals surface area contributed by atoms with Crippen LogP contribution in [0.4, 0.5) is 0 Å². The first-order chi connectivity index (χ1) is 13.3. The Bertz CT molecular complexity index is 1120. The van der Waals surface area contributed by atoms with Crippen LogP contribution in [0.2, 0.25) is 0 Å². The van der Waals surface area contributed by atoms with Crippen LogP contribution < -0.4 is 10.0 Å². The summed E-state index contributed by atoms with van der Waals surface area (Å²) in [6.45, 7) is 4.74. The number of nitrogens with zero attached hydrogens (tertiary/aromatic N) is 2. The maximum atomic E-state index is 12.5. The average molecular weight is 401 g/mol. The lowest BCUT2D eigenvalue weighted by Gasteiger charge is -2.12. The number of rotatable bonds is 7. The molecule has 0 aliphatic rings. The van der Waals surface area contributed by atoms with E-state index in [1.807, 2.05) is 24.3 Å². The van der Waals surface area contributed by atoms with E-state index >= 15 is 0 Å². The third-order valence-electron chi connectivity index (χ3n) is 4.83. The van der Waals surface area contributed by atoms with Crippen LogP contribution in [0.25, 0.3) is 11.0 Å². The molecule has 2 aromatic carbocycles. The number of carbonyl (C=O) groups is 1. The monoisotopic (exact) mass is 400 g/mol. The maximum Gasteiger partial charge on any atom is 0.251 e. The second-order valence-corrected chi connectivity index (χ2v) is 8.51. The fourth-order valence-electron chi connectivity index (χ4n) is 3.09. The number of hydrogen-bond donors (Lipinski definition) is 2. The molecule has 8 heteroatoms. The van der Waals surface area contributed by atoms with Crippen molar-refractivity contribution in [2.24, 2.45) is 0 Å². The average Bonchev–Trinajstić information content (AvgIpc) is 3.10. The summed E-state index contributed by atoms with van der Waals surface area (Å²) in [5.74, 6) is -0.286. The van der Waals surface area contributed by atoms with Gasteiger partial charge in [0.05, 0.1) is 22.3 Å². The Balaban J connectivity index is 1.65. The van der Waals surface area contributed by atoms with Gasteiger partial charge in [-0.15, -0.1) is 0 Å². The molecule has 0 atom stereocenters. The lowest BCUT2D eigenvalue weighted by molar-refractivity contribution is 0.0952. The second kappa shape index (κ2) is 8.12. The smallest absolute Gasteiger partial charge is 0.251 e. The zero-order chi connectivity index (χ0) is 20.3. The third-order valence-corrected chi connectivity index (χ3v) is 6.37. The van der Waals surface area contributed by atoms with Gasteiger partial charge in [0, 0.05) is 18.7 Å². The molecule has 0 radical (unpaired) electrons. The van der Waals surface area contributed by atoms with Gasteiger partial charge < -0.3 is 9.88 Å². The summed E-state index contributed by atoms with van der Waals surface area (Å²) in [5.41, 5.74) is 3.74. The fourth-order valence-corrected chi connectivity index (χ4v) is 4.16. The van der Waals surface area contributed by atoms with E-state index in [0.717, 1.165) is 29.6 Å². The third kappa shape index (κ3) is 4.07. The maximum absolute atomic E-state index is 12.5. The normalized spacial score (nSPS) is 11.7. The van der Waals surface area contributed by atoms with Crippen LogP contribution in [-0.4, -0.2) is 37.5 Å². The zero-order valence-electron chi connectivity index (χ0n) is 16.2. The van der Waals surface area contributed by atoms with Crippen molar-refractivity contribution in [1.82, 2.24) is 19.6 Å². The second-order valence-electron chi connectivity index (χ2n) is 6.66. The van der Waals surface area contributed by atoms with Crippen molar-refractivity contribution >= 4 is 27.0 Å². The molecule has 2 N–H and O–H groups in total. The molecule has 1 heterocycles. The number of imidazole rings is 1. The molecule has 0 unspecified atom stereocenters. The van der Waals surface area contributed by atoms with Crippen LogP contribution >= 0.6 is 0 Å². The molecule has 0 spiro atoms. The van der Waals surface area contributed by atoms with Crippen molar-refractivity contribution in [3.8, 4) is 0 Å². The summed E-state index contributed by atoms with van der Waals surface area (Å²) in [4.78, 5) is 17.0. The van der Waals surface area contributed by atoms with E-state index in [1.54, 1.807) is 26.2 Å². The molecule has 1 amide bonds. The quantitative estimate of drug-likeness (QED) is 0.596. The topological polar surface area (TPSA) is 93.1 Å². The highest BCUT2D eigenvalue weighted by molar-refractivity contribution is 7.89. The van der Waals surface area contributed by atoms with Gasteiger partial charge in [-0.25, -0.2) is 18.1 Å². The number of benzene rings is 2. The summed E-state index contributed by atoms with van der Waals surface area (Å²) < 4.78 is 28.7. The Morgan fingerprint density at radius 2 is 1.93 bits per heavy atom. The number of aryl methyl sites for hydroxylation is 2. The highest BCUT2D eigenvalue weighted by Gasteiger charge is 2.19. The van der Waals surface area contributed by atoms with Crippen LogP contribution in [-0.2, 0) is 16.6 Å². The van der Waals surface area contributed by atoms with Gasteiger partial charge in [0.15, 0.2) is 0 Å². The fraction of sp³-hybridized carbons (Fsp3) is 0.300. The van der Waals surface area contributed by atoms with Crippen LogP contribution in [0, 0.1) is 13.8 Å². The molecule has 148 valence electrons. The highest BCUT2D eigenvalue weighted by Crippen LogP contribution is 2.21. The Labute approximate surface area is 164 Å². The first kappa shape index (κ1) is 20.0. The molecule has 0 saturated heterocycles. The van der Waals surface area contributed by atoms with E-state index in [9.17, 15) is 13.2 Å². The SMILES string of the molecule is CNS(=O)(=O)c1cc(C(=O)NCCCn2cnc3ccccc32)cc(C)c1C. The largest absolute Gasteiger partial charge is 0.352 e. The van der Waals surface area contributed by atoms with E-state index in [-0.39, 0.29) is 10.8 Å². The van der Waals surface area contributed by atoms with Crippen molar-refractivity contribution in [3.05, 3.63) is 59.4 Å². The van der Waals surface area contributed by atoms with Crippen LogP contribution in [0.3, 0.4) is 0 Å². The number of sulfonamides is 1. The summed E-state index contributed by atoms with van der Waals surface area (Å²) >= 11 is 0. The zero-order valence-corrected chi connectivity index (χ0v) is 17.0. The van der Waals surface area contributed by atoms with E-state index < -0.39 is 10.0 Å². The summed E-state index contributed by atoms with van der Waals surface area (Å²) in [7, 11) is -2.27. The predicted octanol–water partition coefficient (Wildman–Crippen LogP) is 2.38. The molecule has 0 aliphatic heterocycles. The van der Waals surface area contributed by atoms with E-state index in [4.69, 9.17) is 0 Å². The predicted molar refractivity (Wildman–Crippen MR) is 109 cm³/mol. The van der Waals surface area contributed by atoms with Gasteiger partial charge in [0.1, 0.15) is 0 Å². The van der Waals surface area contributed by atoms with Gasteiger partial charge in [0.25, 0.3) is 5.91 Å². The van der Waals surface area contributed by atoms with Crippen molar-refractivity contribution in [2.75, 3.05) is 13.6 Å². The van der Waals surface area contributed by atoms with Gasteiger partial charge in [0.2, 0.25) is 10.0 Å². The molecule has 3 rings (SSSR count). The van der Waals surface area contributed by atoms with Gasteiger partial charge >= 0.3 is 0 Å². The molecule has 7 nitrogen and oxygen atoms in total. The number of nitrogens with one attached hydrogen (secondary N) is 2. The highest BCUT2D eigenvalue weighted by atomic mass is 32.2. The summed E-state index contributed by atoms with van der Waals surface area (Å²) in [5, 5.41) is 2.86. The first-order valence-corrected chi connectivity index (χ1v) is 10.5. The Morgan fingerprint density at radius 3 is 2.68 bits per heavy atom. The van der Waals surface area contributed by atoms with Crippen molar-refractivity contribution in [2.45, 2.75) is 31.7 Å². The number of para-hydroxylation sites is 2. The van der Waals surface area contributed by atoms with Crippen molar-refractivity contribution in [3.63, 3.8) is 0 Å². The summed E-state index contributed by atoms with van der Waals surface area (Å²) in [6.07, 6.45) is 2.53. The molecule has 0 bridgehead atoms. The van der Waals surface area contributed by atoms with Crippen LogP contribution in [0.15, 0.2) is 47.6 Å². The lowest BCUT2D eigenvalue weighted by Crippen LogP contribution is -2.26. The molecule has 0 fully saturated rings. The van der Waals surface area contributed by atoms with E-state index in [0.29, 0.717) is 17.7 Å². The molecule has 1 aromatic heterocycles. The molecular formula is C20H24N4O3S. The van der Waals surface area contributed by atoms with E-state index in [2.05, 4.69) is 19.6 Å². The summed E-state index contributed by atoms with van der Waals surface area (Å²) in [6, 6.07) is 11.0. The standard InChI is InChI=1S/C20H24N4O3S/c1-14-11-16(12-19(15(14)2)28(26,27)21-3)20(25)22-9-6-10-24-13-23-17-7-4-5-8-18(17)24/h4-5,7-8,11-13,21H,6,9-10H2,1-3H3,(H,22,25). The minimum Gasteiger partial charge on any atom is -0.352 e. The number of hydrogen-bond acceptors (Lipinski definition) is 4. The number of amides is 1. The molecular weight excluding hydrogens is 376 g/mol. The number of fused-ring (bicyclic) bond motifs is 1. The minimum atomic E-state index is -3.62. The number of aromatic nitrogens is 2. The lowest BCUT2D eigenvalue weighted by atomic mass is 10.1. The Morgan fingerprint density at radius 1 is 1.18 bits per heavy atom. The van der Waals surface area contributed by atoms with Crippen molar-refractivity contribution in [1.29, 1.82) is 0 Å². The Kier molecular flexibility index (Phi) is 5.81. The minimum absolute atomic E-state index is 0.130.